The molecule has 0 aliphatic carbocycles. The van der Waals surface area contributed by atoms with Crippen LogP contribution in [0.4, 0.5) is 4.79 Å². The molecule has 0 spiro atoms. The molecule has 5 heteroatoms. The Morgan fingerprint density at radius 1 is 1.00 bits per heavy atom. The summed E-state index contributed by atoms with van der Waals surface area (Å²) in [6.45, 7) is 4.49. The monoisotopic (exact) mass is 342 g/mol. The Hall–Kier alpha value is -2.69. The van der Waals surface area contributed by atoms with Gasteiger partial charge in [0.15, 0.2) is 0 Å². The van der Waals surface area contributed by atoms with Crippen molar-refractivity contribution in [2.24, 2.45) is 0 Å². The van der Waals surface area contributed by atoms with E-state index in [1.165, 1.54) is 0 Å². The summed E-state index contributed by atoms with van der Waals surface area (Å²) >= 11 is 0. The van der Waals surface area contributed by atoms with Gasteiger partial charge in [0, 0.05) is 6.54 Å². The minimum Gasteiger partial charge on any atom is -0.497 e. The Kier molecular flexibility index (Phi) is 6.28. The maximum atomic E-state index is 12.2. The van der Waals surface area contributed by atoms with Crippen molar-refractivity contribution in [3.63, 3.8) is 0 Å². The molecule has 0 bridgehead atoms. The number of ether oxygens (including phenoxy) is 2. The number of methoxy groups -OCH3 is 2. The van der Waals surface area contributed by atoms with Gasteiger partial charge in [0.25, 0.3) is 0 Å². The number of benzene rings is 2. The highest BCUT2D eigenvalue weighted by atomic mass is 16.5. The van der Waals surface area contributed by atoms with Gasteiger partial charge < -0.3 is 20.1 Å². The van der Waals surface area contributed by atoms with Crippen LogP contribution in [0.2, 0.25) is 0 Å². The first-order valence-electron chi connectivity index (χ1n) is 8.28. The number of carbonyl (C=O) groups excluding carboxylic acids is 1. The van der Waals surface area contributed by atoms with Crippen molar-refractivity contribution >= 4 is 6.03 Å². The van der Waals surface area contributed by atoms with E-state index in [0.717, 1.165) is 29.0 Å². The number of hydrogen-bond donors (Lipinski definition) is 2. The van der Waals surface area contributed by atoms with E-state index in [2.05, 4.69) is 10.6 Å². The number of carbonyl (C=O) groups is 1. The number of rotatable bonds is 7. The van der Waals surface area contributed by atoms with E-state index in [9.17, 15) is 4.79 Å². The summed E-state index contributed by atoms with van der Waals surface area (Å²) in [6, 6.07) is 15.3. The highest BCUT2D eigenvalue weighted by molar-refractivity contribution is 5.75. The normalized spacial score (nSPS) is 10.9. The summed E-state index contributed by atoms with van der Waals surface area (Å²) in [5.41, 5.74) is 1.65. The Morgan fingerprint density at radius 2 is 1.68 bits per heavy atom. The fourth-order valence-corrected chi connectivity index (χ4v) is 2.56. The predicted octanol–water partition coefficient (Wildman–Crippen LogP) is 3.48. The highest BCUT2D eigenvalue weighted by Crippen LogP contribution is 2.22. The third-order valence-electron chi connectivity index (χ3n) is 4.07. The zero-order chi connectivity index (χ0) is 18.3. The predicted molar refractivity (Wildman–Crippen MR) is 99.3 cm³/mol. The van der Waals surface area contributed by atoms with Gasteiger partial charge in [-0.05, 0) is 55.7 Å². The second kappa shape index (κ2) is 8.42. The molecule has 0 fully saturated rings. The molecule has 25 heavy (non-hydrogen) atoms. The molecule has 0 radical (unpaired) electrons. The van der Waals surface area contributed by atoms with Gasteiger partial charge in [-0.2, -0.15) is 0 Å². The molecule has 2 aromatic carbocycles. The SMILES string of the molecule is COc1ccc(C(C)(C)NC(=O)NCCc2cccc(OC)c2)cc1. The summed E-state index contributed by atoms with van der Waals surface area (Å²) < 4.78 is 10.4. The zero-order valence-corrected chi connectivity index (χ0v) is 15.3. The molecule has 0 aromatic heterocycles. The second-order valence-corrected chi connectivity index (χ2v) is 6.34. The van der Waals surface area contributed by atoms with Crippen molar-refractivity contribution in [3.05, 3.63) is 59.7 Å². The molecule has 2 N–H and O–H groups in total. The molecule has 0 saturated heterocycles. The summed E-state index contributed by atoms with van der Waals surface area (Å²) in [5.74, 6) is 1.62. The number of hydrogen-bond acceptors (Lipinski definition) is 3. The molecule has 0 saturated carbocycles. The molecule has 0 atom stereocenters. The van der Waals surface area contributed by atoms with Gasteiger partial charge in [0.05, 0.1) is 19.8 Å². The van der Waals surface area contributed by atoms with Crippen LogP contribution in [0.25, 0.3) is 0 Å². The quantitative estimate of drug-likeness (QED) is 0.810. The van der Waals surface area contributed by atoms with Gasteiger partial charge in [-0.15, -0.1) is 0 Å². The van der Waals surface area contributed by atoms with Gasteiger partial charge in [0.1, 0.15) is 11.5 Å². The first kappa shape index (κ1) is 18.6. The smallest absolute Gasteiger partial charge is 0.315 e. The van der Waals surface area contributed by atoms with Crippen LogP contribution in [0.5, 0.6) is 11.5 Å². The molecule has 134 valence electrons. The van der Waals surface area contributed by atoms with Crippen LogP contribution < -0.4 is 20.1 Å². The van der Waals surface area contributed by atoms with Crippen LogP contribution in [-0.2, 0) is 12.0 Å². The third-order valence-corrected chi connectivity index (χ3v) is 4.07. The Balaban J connectivity index is 1.85. The summed E-state index contributed by atoms with van der Waals surface area (Å²) in [4.78, 5) is 12.2. The summed E-state index contributed by atoms with van der Waals surface area (Å²) in [5, 5.41) is 5.90. The topological polar surface area (TPSA) is 59.6 Å². The second-order valence-electron chi connectivity index (χ2n) is 6.34. The first-order chi connectivity index (χ1) is 11.9. The van der Waals surface area contributed by atoms with Crippen molar-refractivity contribution in [2.75, 3.05) is 20.8 Å². The van der Waals surface area contributed by atoms with E-state index >= 15 is 0 Å². The first-order valence-corrected chi connectivity index (χ1v) is 8.28. The van der Waals surface area contributed by atoms with Crippen LogP contribution in [0.3, 0.4) is 0 Å². The van der Waals surface area contributed by atoms with Crippen LogP contribution in [0, 0.1) is 0 Å². The Morgan fingerprint density at radius 3 is 2.32 bits per heavy atom. The zero-order valence-electron chi connectivity index (χ0n) is 15.3. The van der Waals surface area contributed by atoms with Crippen molar-refractivity contribution in [2.45, 2.75) is 25.8 Å². The average molecular weight is 342 g/mol. The van der Waals surface area contributed by atoms with E-state index in [1.807, 2.05) is 62.4 Å². The maximum absolute atomic E-state index is 12.2. The lowest BCUT2D eigenvalue weighted by Crippen LogP contribution is -2.46. The lowest BCUT2D eigenvalue weighted by atomic mass is 9.94. The maximum Gasteiger partial charge on any atom is 0.315 e. The van der Waals surface area contributed by atoms with Crippen LogP contribution in [0.1, 0.15) is 25.0 Å². The fraction of sp³-hybridized carbons (Fsp3) is 0.350. The van der Waals surface area contributed by atoms with Crippen LogP contribution in [0.15, 0.2) is 48.5 Å². The third kappa shape index (κ3) is 5.41. The molecule has 0 aliphatic heterocycles. The van der Waals surface area contributed by atoms with Crippen LogP contribution in [-0.4, -0.2) is 26.8 Å². The van der Waals surface area contributed by atoms with Gasteiger partial charge in [-0.25, -0.2) is 4.79 Å². The molecule has 2 rings (SSSR count). The molecular formula is C20H26N2O3. The number of amides is 2. The van der Waals surface area contributed by atoms with Crippen molar-refractivity contribution in [1.29, 1.82) is 0 Å². The lowest BCUT2D eigenvalue weighted by Gasteiger charge is -2.27. The molecule has 5 nitrogen and oxygen atoms in total. The van der Waals surface area contributed by atoms with Crippen molar-refractivity contribution in [1.82, 2.24) is 10.6 Å². The lowest BCUT2D eigenvalue weighted by molar-refractivity contribution is 0.230. The minimum atomic E-state index is -0.480. The Labute approximate surface area is 149 Å². The van der Waals surface area contributed by atoms with Gasteiger partial charge in [-0.1, -0.05) is 24.3 Å². The molecule has 2 amide bonds. The number of urea groups is 1. The number of nitrogens with one attached hydrogen (secondary N) is 2. The van der Waals surface area contributed by atoms with E-state index in [-0.39, 0.29) is 6.03 Å². The summed E-state index contributed by atoms with van der Waals surface area (Å²) in [7, 11) is 3.28. The Bertz CT molecular complexity index is 696. The van der Waals surface area contributed by atoms with Crippen molar-refractivity contribution < 1.29 is 14.3 Å². The minimum absolute atomic E-state index is 0.191. The van der Waals surface area contributed by atoms with Crippen molar-refractivity contribution in [3.8, 4) is 11.5 Å². The van der Waals surface area contributed by atoms with E-state index in [4.69, 9.17) is 9.47 Å². The summed E-state index contributed by atoms with van der Waals surface area (Å²) in [6.07, 6.45) is 0.744. The van der Waals surface area contributed by atoms with Gasteiger partial charge >= 0.3 is 6.03 Å². The molecule has 0 heterocycles. The molecular weight excluding hydrogens is 316 g/mol. The van der Waals surface area contributed by atoms with E-state index in [0.29, 0.717) is 6.54 Å². The van der Waals surface area contributed by atoms with E-state index in [1.54, 1.807) is 14.2 Å². The standard InChI is InChI=1S/C20H26N2O3/c1-20(2,16-8-10-17(24-3)11-9-16)22-19(23)21-13-12-15-6-5-7-18(14-15)25-4/h5-11,14H,12-13H2,1-4H3,(H2,21,22,23). The molecule has 2 aromatic rings. The largest absolute Gasteiger partial charge is 0.497 e. The molecule has 0 aliphatic rings. The van der Waals surface area contributed by atoms with Gasteiger partial charge in [-0.3, -0.25) is 0 Å². The average Bonchev–Trinajstić information content (AvgIpc) is 2.61. The van der Waals surface area contributed by atoms with E-state index < -0.39 is 5.54 Å². The highest BCUT2D eigenvalue weighted by Gasteiger charge is 2.22. The molecule has 0 unspecified atom stereocenters. The fourth-order valence-electron chi connectivity index (χ4n) is 2.56. The van der Waals surface area contributed by atoms with Crippen LogP contribution >= 0.6 is 0 Å². The van der Waals surface area contributed by atoms with Gasteiger partial charge in [0.2, 0.25) is 0 Å².